The van der Waals surface area contributed by atoms with E-state index in [4.69, 9.17) is 0 Å². The number of fused-ring (bicyclic) bond motifs is 1. The van der Waals surface area contributed by atoms with E-state index in [1.54, 1.807) is 29.9 Å². The highest BCUT2D eigenvalue weighted by Crippen LogP contribution is 2.42. The van der Waals surface area contributed by atoms with Gasteiger partial charge in [0.15, 0.2) is 11.5 Å². The minimum absolute atomic E-state index is 0.195. The predicted octanol–water partition coefficient (Wildman–Crippen LogP) is 2.67. The van der Waals surface area contributed by atoms with E-state index in [0.29, 0.717) is 11.4 Å². The van der Waals surface area contributed by atoms with E-state index in [-0.39, 0.29) is 11.3 Å². The molecule has 1 saturated heterocycles. The van der Waals surface area contributed by atoms with Crippen LogP contribution in [0.1, 0.15) is 29.0 Å². The van der Waals surface area contributed by atoms with Gasteiger partial charge in [-0.15, -0.1) is 0 Å². The number of carbonyl (C=O) groups is 1. The van der Waals surface area contributed by atoms with Crippen molar-refractivity contribution in [1.82, 2.24) is 19.4 Å². The molecule has 8 heteroatoms. The molecule has 0 aromatic carbocycles. The molecule has 3 aromatic heterocycles. The van der Waals surface area contributed by atoms with Crippen LogP contribution in [0.25, 0.3) is 5.65 Å². The van der Waals surface area contributed by atoms with Crippen LogP contribution in [0.4, 0.5) is 15.9 Å². The maximum absolute atomic E-state index is 14.1. The summed E-state index contributed by atoms with van der Waals surface area (Å²) in [6, 6.07) is 1.25. The first-order valence-electron chi connectivity index (χ1n) is 9.10. The van der Waals surface area contributed by atoms with Crippen LogP contribution in [-0.4, -0.2) is 38.3 Å². The second-order valence-corrected chi connectivity index (χ2v) is 7.41. The van der Waals surface area contributed by atoms with E-state index in [0.717, 1.165) is 30.7 Å². The van der Waals surface area contributed by atoms with Crippen molar-refractivity contribution >= 4 is 23.1 Å². The van der Waals surface area contributed by atoms with Crippen molar-refractivity contribution in [1.29, 1.82) is 0 Å². The number of pyridine rings is 1. The topological polar surface area (TPSA) is 75.4 Å². The highest BCUT2D eigenvalue weighted by Gasteiger charge is 2.39. The van der Waals surface area contributed by atoms with Crippen LogP contribution in [0.2, 0.25) is 0 Å². The number of anilines is 2. The Hall–Kier alpha value is -3.03. The zero-order valence-corrected chi connectivity index (χ0v) is 14.9. The molecule has 1 saturated carbocycles. The van der Waals surface area contributed by atoms with E-state index in [2.05, 4.69) is 25.2 Å². The highest BCUT2D eigenvalue weighted by atomic mass is 19.1. The quantitative estimate of drug-likeness (QED) is 0.768. The minimum atomic E-state index is -0.495. The third-order valence-electron chi connectivity index (χ3n) is 5.28. The third-order valence-corrected chi connectivity index (χ3v) is 5.28. The molecule has 1 aliphatic carbocycles. The lowest BCUT2D eigenvalue weighted by atomic mass is 9.95. The van der Waals surface area contributed by atoms with Gasteiger partial charge in [0.1, 0.15) is 11.5 Å². The first-order chi connectivity index (χ1) is 13.1. The average Bonchev–Trinajstić information content (AvgIpc) is 3.35. The molecule has 0 unspecified atom stereocenters. The van der Waals surface area contributed by atoms with Crippen molar-refractivity contribution < 1.29 is 9.18 Å². The Bertz CT molecular complexity index is 1020. The Kier molecular flexibility index (Phi) is 3.60. The summed E-state index contributed by atoms with van der Waals surface area (Å²) in [5, 5.41) is 2.66. The van der Waals surface area contributed by atoms with Gasteiger partial charge in [-0.1, -0.05) is 0 Å². The number of hydrogen-bond acceptors (Lipinski definition) is 5. The largest absolute Gasteiger partial charge is 0.355 e. The maximum Gasteiger partial charge on any atom is 0.275 e. The number of aryl methyl sites for hydroxylation is 1. The highest BCUT2D eigenvalue weighted by molar-refractivity contribution is 6.02. The zero-order chi connectivity index (χ0) is 18.5. The van der Waals surface area contributed by atoms with Crippen molar-refractivity contribution in [3.05, 3.63) is 48.1 Å². The van der Waals surface area contributed by atoms with E-state index in [1.165, 1.54) is 25.1 Å². The SMILES string of the molecule is Cc1cn2cc(NC(=O)c3cnc(N4CC(C5CC5)C4)cn3)cc(F)c2n1. The lowest BCUT2D eigenvalue weighted by molar-refractivity contribution is 0.102. The zero-order valence-electron chi connectivity index (χ0n) is 14.9. The molecular weight excluding hydrogens is 347 g/mol. The van der Waals surface area contributed by atoms with Crippen LogP contribution < -0.4 is 10.2 Å². The number of amides is 1. The summed E-state index contributed by atoms with van der Waals surface area (Å²) in [4.78, 5) is 27.3. The summed E-state index contributed by atoms with van der Waals surface area (Å²) >= 11 is 0. The first-order valence-corrected chi connectivity index (χ1v) is 9.10. The van der Waals surface area contributed by atoms with Crippen molar-refractivity contribution in [2.75, 3.05) is 23.3 Å². The Labute approximate surface area is 155 Å². The summed E-state index contributed by atoms with van der Waals surface area (Å²) in [6.45, 7) is 3.83. The van der Waals surface area contributed by atoms with Gasteiger partial charge in [0.2, 0.25) is 0 Å². The fourth-order valence-electron chi connectivity index (χ4n) is 3.61. The maximum atomic E-state index is 14.1. The molecule has 138 valence electrons. The fraction of sp³-hybridized carbons (Fsp3) is 0.368. The summed E-state index contributed by atoms with van der Waals surface area (Å²) in [7, 11) is 0. The molecular formula is C19H19FN6O. The predicted molar refractivity (Wildman–Crippen MR) is 98.3 cm³/mol. The standard InChI is InChI=1S/C19H19FN6O/c1-11-7-26-10-14(4-15(20)18(26)23-11)24-19(27)16-5-22-17(6-21-16)25-8-13(9-25)12-2-3-12/h4-7,10,12-13H,2-3,8-9H2,1H3,(H,24,27). The van der Waals surface area contributed by atoms with Crippen molar-refractivity contribution in [2.24, 2.45) is 11.8 Å². The van der Waals surface area contributed by atoms with Gasteiger partial charge in [0.25, 0.3) is 5.91 Å². The van der Waals surface area contributed by atoms with Crippen molar-refractivity contribution in [3.63, 3.8) is 0 Å². The van der Waals surface area contributed by atoms with Gasteiger partial charge in [-0.05, 0) is 31.6 Å². The first kappa shape index (κ1) is 16.2. The Balaban J connectivity index is 1.28. The van der Waals surface area contributed by atoms with Gasteiger partial charge >= 0.3 is 0 Å². The van der Waals surface area contributed by atoms with E-state index in [1.807, 2.05) is 0 Å². The molecule has 0 radical (unpaired) electrons. The molecule has 0 bridgehead atoms. The number of nitrogens with one attached hydrogen (secondary N) is 1. The van der Waals surface area contributed by atoms with Crippen LogP contribution in [-0.2, 0) is 0 Å². The van der Waals surface area contributed by atoms with Gasteiger partial charge in [0, 0.05) is 31.5 Å². The van der Waals surface area contributed by atoms with Crippen LogP contribution in [0.15, 0.2) is 30.9 Å². The smallest absolute Gasteiger partial charge is 0.275 e. The van der Waals surface area contributed by atoms with Gasteiger partial charge in [-0.25, -0.2) is 19.3 Å². The van der Waals surface area contributed by atoms with Gasteiger partial charge < -0.3 is 14.6 Å². The molecule has 2 aliphatic rings. The molecule has 0 spiro atoms. The average molecular weight is 366 g/mol. The number of aromatic nitrogens is 4. The monoisotopic (exact) mass is 366 g/mol. The second kappa shape index (κ2) is 6.00. The minimum Gasteiger partial charge on any atom is -0.355 e. The second-order valence-electron chi connectivity index (χ2n) is 7.41. The van der Waals surface area contributed by atoms with Gasteiger partial charge in [0.05, 0.1) is 23.8 Å². The van der Waals surface area contributed by atoms with Gasteiger partial charge in [-0.3, -0.25) is 4.79 Å². The summed E-state index contributed by atoms with van der Waals surface area (Å²) < 4.78 is 15.7. The van der Waals surface area contributed by atoms with Crippen molar-refractivity contribution in [3.8, 4) is 0 Å². The number of hydrogen-bond donors (Lipinski definition) is 1. The molecule has 1 aliphatic heterocycles. The van der Waals surface area contributed by atoms with Gasteiger partial charge in [-0.2, -0.15) is 0 Å². The lowest BCUT2D eigenvalue weighted by Crippen LogP contribution is -2.48. The van der Waals surface area contributed by atoms with E-state index < -0.39 is 11.7 Å². The molecule has 1 N–H and O–H groups in total. The Morgan fingerprint density at radius 2 is 2.00 bits per heavy atom. The molecule has 0 atom stereocenters. The van der Waals surface area contributed by atoms with Crippen molar-refractivity contribution in [2.45, 2.75) is 19.8 Å². The molecule has 1 amide bonds. The Morgan fingerprint density at radius 3 is 2.70 bits per heavy atom. The number of halogens is 1. The third kappa shape index (κ3) is 3.01. The summed E-state index contributed by atoms with van der Waals surface area (Å²) in [5.74, 6) is 1.56. The fourth-order valence-corrected chi connectivity index (χ4v) is 3.61. The van der Waals surface area contributed by atoms with Crippen LogP contribution >= 0.6 is 0 Å². The normalized spacial score (nSPS) is 17.2. The number of rotatable bonds is 4. The molecule has 27 heavy (non-hydrogen) atoms. The molecule has 3 aromatic rings. The lowest BCUT2D eigenvalue weighted by Gasteiger charge is -2.40. The number of nitrogens with zero attached hydrogens (tertiary/aromatic N) is 5. The van der Waals surface area contributed by atoms with E-state index >= 15 is 0 Å². The van der Waals surface area contributed by atoms with Crippen LogP contribution in [0.3, 0.4) is 0 Å². The summed E-state index contributed by atoms with van der Waals surface area (Å²) in [5.41, 5.74) is 1.46. The van der Waals surface area contributed by atoms with E-state index in [9.17, 15) is 9.18 Å². The molecule has 2 fully saturated rings. The Morgan fingerprint density at radius 1 is 1.19 bits per heavy atom. The van der Waals surface area contributed by atoms with Crippen LogP contribution in [0, 0.1) is 24.6 Å². The number of imidazole rings is 1. The molecule has 4 heterocycles. The number of carbonyl (C=O) groups excluding carboxylic acids is 1. The molecule has 7 nitrogen and oxygen atoms in total. The molecule has 5 rings (SSSR count). The summed E-state index contributed by atoms with van der Waals surface area (Å²) in [6.07, 6.45) is 9.12. The van der Waals surface area contributed by atoms with Crippen LogP contribution in [0.5, 0.6) is 0 Å².